The Hall–Kier alpha value is 0.330. The first-order valence-corrected chi connectivity index (χ1v) is 4.08. The molecule has 0 radical (unpaired) electrons. The van der Waals surface area contributed by atoms with Crippen LogP contribution in [0, 0.1) is 0 Å². The Kier molecular flexibility index (Phi) is 5.33. The maximum absolute atomic E-state index is 10.4. The fourth-order valence-electron chi connectivity index (χ4n) is 0.463. The van der Waals surface area contributed by atoms with Crippen LogP contribution in [-0.4, -0.2) is 21.8 Å². The zero-order chi connectivity index (χ0) is 7.28. The number of thiol groups is 1. The molecule has 0 aliphatic heterocycles. The fourth-order valence-corrected chi connectivity index (χ4v) is 1.29. The molecule has 4 heteroatoms. The first kappa shape index (κ1) is 9.33. The van der Waals surface area contributed by atoms with Gasteiger partial charge in [-0.15, -0.1) is 0 Å². The molecule has 0 saturated carbocycles. The molecule has 54 valence electrons. The van der Waals surface area contributed by atoms with Crippen molar-refractivity contribution in [3.05, 3.63) is 0 Å². The van der Waals surface area contributed by atoms with Gasteiger partial charge >= 0.3 is 0 Å². The van der Waals surface area contributed by atoms with Crippen molar-refractivity contribution in [1.29, 1.82) is 0 Å². The molecule has 0 aliphatic carbocycles. The number of hydrogen-bond donors (Lipinski definition) is 1. The molecule has 0 atom stereocenters. The van der Waals surface area contributed by atoms with Gasteiger partial charge in [0.15, 0.2) is 0 Å². The summed E-state index contributed by atoms with van der Waals surface area (Å²) in [5.41, 5.74) is 0. The SMILES string of the molecule is CCN(CC)SC(=O)S. The smallest absolute Gasteiger partial charge is 0.258 e. The Balaban J connectivity index is 3.43. The van der Waals surface area contributed by atoms with Crippen LogP contribution in [0.15, 0.2) is 0 Å². The van der Waals surface area contributed by atoms with E-state index < -0.39 is 0 Å². The van der Waals surface area contributed by atoms with Crippen LogP contribution in [0.5, 0.6) is 0 Å². The normalized spacial score (nSPS) is 10.2. The highest BCUT2D eigenvalue weighted by Crippen LogP contribution is 2.12. The second-order valence-electron chi connectivity index (χ2n) is 1.47. The Labute approximate surface area is 65.5 Å². The van der Waals surface area contributed by atoms with Gasteiger partial charge in [0.2, 0.25) is 0 Å². The van der Waals surface area contributed by atoms with Crippen LogP contribution in [0.2, 0.25) is 0 Å². The summed E-state index contributed by atoms with van der Waals surface area (Å²) in [6, 6.07) is 0. The van der Waals surface area contributed by atoms with E-state index >= 15 is 0 Å². The minimum atomic E-state index is -0.140. The second-order valence-corrected chi connectivity index (χ2v) is 3.25. The van der Waals surface area contributed by atoms with Crippen molar-refractivity contribution in [3.8, 4) is 0 Å². The van der Waals surface area contributed by atoms with Crippen LogP contribution in [0.25, 0.3) is 0 Å². The molecule has 0 fully saturated rings. The van der Waals surface area contributed by atoms with Gasteiger partial charge in [0.05, 0.1) is 0 Å². The maximum Gasteiger partial charge on any atom is 0.258 e. The van der Waals surface area contributed by atoms with Crippen molar-refractivity contribution in [2.45, 2.75) is 13.8 Å². The number of nitrogens with zero attached hydrogens (tertiary/aromatic N) is 1. The molecule has 2 nitrogen and oxygen atoms in total. The molecule has 0 spiro atoms. The summed E-state index contributed by atoms with van der Waals surface area (Å²) in [4.78, 5) is 10.4. The summed E-state index contributed by atoms with van der Waals surface area (Å²) in [5, 5.41) is 0. The van der Waals surface area contributed by atoms with Gasteiger partial charge in [0.1, 0.15) is 0 Å². The van der Waals surface area contributed by atoms with Crippen molar-refractivity contribution in [2.24, 2.45) is 0 Å². The third-order valence-corrected chi connectivity index (χ3v) is 2.09. The Morgan fingerprint density at radius 1 is 1.56 bits per heavy atom. The van der Waals surface area contributed by atoms with Gasteiger partial charge in [-0.1, -0.05) is 26.5 Å². The maximum atomic E-state index is 10.4. The zero-order valence-electron chi connectivity index (χ0n) is 5.63. The molecule has 0 saturated heterocycles. The lowest BCUT2D eigenvalue weighted by atomic mass is 10.7. The van der Waals surface area contributed by atoms with Crippen molar-refractivity contribution in [3.63, 3.8) is 0 Å². The van der Waals surface area contributed by atoms with Crippen molar-refractivity contribution in [1.82, 2.24) is 4.31 Å². The summed E-state index contributed by atoms with van der Waals surface area (Å²) in [7, 11) is 0. The molecule has 0 aromatic heterocycles. The van der Waals surface area contributed by atoms with Crippen LogP contribution in [-0.2, 0) is 0 Å². The number of carbonyl (C=O) groups is 1. The fraction of sp³-hybridized carbons (Fsp3) is 0.800. The molecule has 0 N–H and O–H groups in total. The van der Waals surface area contributed by atoms with Gasteiger partial charge in [0, 0.05) is 25.0 Å². The monoisotopic (exact) mass is 165 g/mol. The van der Waals surface area contributed by atoms with E-state index in [-0.39, 0.29) is 4.45 Å². The lowest BCUT2D eigenvalue weighted by Crippen LogP contribution is -2.14. The third kappa shape index (κ3) is 4.81. The highest BCUT2D eigenvalue weighted by atomic mass is 32.2. The molecular formula is C5H11NOS2. The van der Waals surface area contributed by atoms with Crippen molar-refractivity contribution >= 4 is 29.0 Å². The molecule has 9 heavy (non-hydrogen) atoms. The van der Waals surface area contributed by atoms with Crippen LogP contribution in [0.4, 0.5) is 4.79 Å². The molecule has 0 heterocycles. The quantitative estimate of drug-likeness (QED) is 0.510. The summed E-state index contributed by atoms with van der Waals surface area (Å²) in [6.07, 6.45) is 0. The van der Waals surface area contributed by atoms with E-state index in [1.165, 1.54) is 0 Å². The number of hydrogen-bond acceptors (Lipinski definition) is 3. The van der Waals surface area contributed by atoms with E-state index in [0.717, 1.165) is 25.0 Å². The van der Waals surface area contributed by atoms with Gasteiger partial charge in [0.25, 0.3) is 4.45 Å². The molecule has 0 bridgehead atoms. The standard InChI is InChI=1S/C5H11NOS2/c1-3-6(4-2)9-5(7)8/h3-4H2,1-2H3,(H,7,8). The van der Waals surface area contributed by atoms with Crippen molar-refractivity contribution < 1.29 is 4.79 Å². The van der Waals surface area contributed by atoms with Crippen LogP contribution in [0.1, 0.15) is 13.8 Å². The third-order valence-electron chi connectivity index (χ3n) is 0.913. The van der Waals surface area contributed by atoms with Crippen LogP contribution < -0.4 is 0 Å². The largest absolute Gasteiger partial charge is 0.273 e. The zero-order valence-corrected chi connectivity index (χ0v) is 7.34. The van der Waals surface area contributed by atoms with Gasteiger partial charge in [-0.05, 0) is 0 Å². The Bertz CT molecular complexity index is 93.0. The lowest BCUT2D eigenvalue weighted by Gasteiger charge is -2.12. The van der Waals surface area contributed by atoms with E-state index in [9.17, 15) is 4.79 Å². The molecular weight excluding hydrogens is 154 g/mol. The number of rotatable bonds is 3. The predicted octanol–water partition coefficient (Wildman–Crippen LogP) is 2.03. The highest BCUT2D eigenvalue weighted by molar-refractivity contribution is 8.30. The second kappa shape index (κ2) is 5.14. The van der Waals surface area contributed by atoms with E-state index in [4.69, 9.17) is 0 Å². The predicted molar refractivity (Wildman–Crippen MR) is 44.9 cm³/mol. The molecule has 0 aromatic rings. The van der Waals surface area contributed by atoms with Gasteiger partial charge in [-0.2, -0.15) is 0 Å². The minimum absolute atomic E-state index is 0.140. The van der Waals surface area contributed by atoms with Crippen LogP contribution >= 0.6 is 24.6 Å². The average molecular weight is 165 g/mol. The number of carbonyl (C=O) groups excluding carboxylic acids is 1. The molecule has 0 rings (SSSR count). The summed E-state index contributed by atoms with van der Waals surface area (Å²) in [6.45, 7) is 5.78. The first-order chi connectivity index (χ1) is 4.20. The van der Waals surface area contributed by atoms with Crippen molar-refractivity contribution in [2.75, 3.05) is 13.1 Å². The summed E-state index contributed by atoms with van der Waals surface area (Å²) in [5.74, 6) is 0. The van der Waals surface area contributed by atoms with Gasteiger partial charge in [-0.3, -0.25) is 4.79 Å². The van der Waals surface area contributed by atoms with Crippen LogP contribution in [0.3, 0.4) is 0 Å². The summed E-state index contributed by atoms with van der Waals surface area (Å²) >= 11 is 4.79. The molecule has 0 aromatic carbocycles. The van der Waals surface area contributed by atoms with Gasteiger partial charge < -0.3 is 0 Å². The average Bonchev–Trinajstić information content (AvgIpc) is 1.82. The topological polar surface area (TPSA) is 20.3 Å². The first-order valence-electron chi connectivity index (χ1n) is 2.86. The molecule has 0 aliphatic rings. The highest BCUT2D eigenvalue weighted by Gasteiger charge is 2.02. The van der Waals surface area contributed by atoms with E-state index in [0.29, 0.717) is 0 Å². The Morgan fingerprint density at radius 3 is 2.11 bits per heavy atom. The minimum Gasteiger partial charge on any atom is -0.273 e. The van der Waals surface area contributed by atoms with E-state index in [2.05, 4.69) is 12.6 Å². The molecule has 0 amide bonds. The lowest BCUT2D eigenvalue weighted by molar-refractivity contribution is 0.276. The van der Waals surface area contributed by atoms with Gasteiger partial charge in [-0.25, -0.2) is 4.31 Å². The molecule has 0 unspecified atom stereocenters. The summed E-state index contributed by atoms with van der Waals surface area (Å²) < 4.78 is 1.80. The Morgan fingerprint density at radius 2 is 2.00 bits per heavy atom. The van der Waals surface area contributed by atoms with E-state index in [1.807, 2.05) is 18.2 Å². The van der Waals surface area contributed by atoms with E-state index in [1.54, 1.807) is 0 Å².